The molecule has 202 valence electrons. The number of halogens is 3. The highest BCUT2D eigenvalue weighted by Gasteiger charge is 2.40. The molecule has 0 saturated heterocycles. The Bertz CT molecular complexity index is 1160. The highest BCUT2D eigenvalue weighted by atomic mass is 32.1. The summed E-state index contributed by atoms with van der Waals surface area (Å²) in [5, 5.41) is 15.5. The van der Waals surface area contributed by atoms with Crippen LogP contribution < -0.4 is 16.0 Å². The molecular weight excluding hydrogens is 521 g/mol. The normalized spacial score (nSPS) is 12.3. The van der Waals surface area contributed by atoms with Gasteiger partial charge in [-0.3, -0.25) is 9.59 Å². The third-order valence-corrected chi connectivity index (χ3v) is 5.23. The number of carbonyl (C=O) groups excluding carboxylic acids is 4. The van der Waals surface area contributed by atoms with Gasteiger partial charge in [0.2, 0.25) is 5.91 Å². The van der Waals surface area contributed by atoms with Crippen molar-refractivity contribution in [3.05, 3.63) is 40.4 Å². The molecule has 2 aromatic rings. The number of alkyl carbamates (subject to hydrolysis) is 1. The second-order valence-corrected chi connectivity index (χ2v) is 9.52. The molecule has 0 saturated carbocycles. The highest BCUT2D eigenvalue weighted by Crippen LogP contribution is 2.36. The first-order chi connectivity index (χ1) is 17.1. The van der Waals surface area contributed by atoms with Gasteiger partial charge in [-0.15, -0.1) is 0 Å². The molecule has 11 nitrogen and oxygen atoms in total. The summed E-state index contributed by atoms with van der Waals surface area (Å²) in [7, 11) is 0.989. The second-order valence-electron chi connectivity index (χ2n) is 8.52. The van der Waals surface area contributed by atoms with Gasteiger partial charge in [-0.1, -0.05) is 23.5 Å². The summed E-state index contributed by atoms with van der Waals surface area (Å²) in [5.41, 5.74) is -2.05. The van der Waals surface area contributed by atoms with E-state index in [1.165, 1.54) is 24.3 Å². The van der Waals surface area contributed by atoms with Gasteiger partial charge in [0.05, 0.1) is 20.1 Å². The topological polar surface area (TPSA) is 156 Å². The van der Waals surface area contributed by atoms with Crippen LogP contribution in [0.1, 0.15) is 41.7 Å². The van der Waals surface area contributed by atoms with Gasteiger partial charge >= 0.3 is 18.2 Å². The van der Waals surface area contributed by atoms with Crippen LogP contribution in [0.25, 0.3) is 0 Å². The molecule has 1 aromatic carbocycles. The molecule has 1 heterocycles. The van der Waals surface area contributed by atoms with Gasteiger partial charge in [-0.05, 0) is 38.5 Å². The number of hydrogen-bond donors (Lipinski definition) is 4. The number of phenols is 1. The predicted molar refractivity (Wildman–Crippen MR) is 125 cm³/mol. The predicted octanol–water partition coefficient (Wildman–Crippen LogP) is 2.84. The Kier molecular flexibility index (Phi) is 9.44. The number of amides is 3. The van der Waals surface area contributed by atoms with Gasteiger partial charge < -0.3 is 30.5 Å². The molecule has 0 aliphatic carbocycles. The van der Waals surface area contributed by atoms with E-state index in [1.807, 2.05) is 0 Å². The van der Waals surface area contributed by atoms with Gasteiger partial charge in [0, 0.05) is 0 Å². The van der Waals surface area contributed by atoms with Gasteiger partial charge in [-0.2, -0.15) is 13.2 Å². The minimum absolute atomic E-state index is 0.0980. The van der Waals surface area contributed by atoms with Gasteiger partial charge in [0.25, 0.3) is 5.91 Å². The summed E-state index contributed by atoms with van der Waals surface area (Å²) in [4.78, 5) is 51.3. The Labute approximate surface area is 213 Å². The minimum atomic E-state index is -5.06. The van der Waals surface area contributed by atoms with E-state index in [9.17, 15) is 37.5 Å². The molecule has 4 N–H and O–H groups in total. The number of hydrogen-bond acceptors (Lipinski definition) is 9. The lowest BCUT2D eigenvalue weighted by Crippen LogP contribution is -2.49. The summed E-state index contributed by atoms with van der Waals surface area (Å²) in [6, 6.07) is 4.14. The Morgan fingerprint density at radius 3 is 2.41 bits per heavy atom. The maximum absolute atomic E-state index is 13.6. The van der Waals surface area contributed by atoms with Crippen LogP contribution in [0, 0.1) is 0 Å². The van der Waals surface area contributed by atoms with E-state index in [0.717, 1.165) is 7.11 Å². The average molecular weight is 547 g/mol. The molecular formula is C22H25F3N4O7S. The first kappa shape index (κ1) is 29.4. The Hall–Kier alpha value is -3.88. The third kappa shape index (κ3) is 9.25. The number of phenolic OH excluding ortho intramolecular Hbond substituents is 1. The smallest absolute Gasteiger partial charge is 0.435 e. The Balaban J connectivity index is 2.19. The standard InChI is InChI=1S/C22H25F3N4O7S/c1-21(2,3)36-20(34)26-10-13(18(33)35-4)27-17(32)15-16(22(23,24)25)29-19(37-15)28-14(31)9-11-6-5-7-12(30)8-11/h5-8,13,30H,9-10H2,1-4H3,(H,26,34)(H,27,32)(H,28,29,31)/t13-/m0/s1. The summed E-state index contributed by atoms with van der Waals surface area (Å²) >= 11 is 0.241. The van der Waals surface area contributed by atoms with E-state index in [4.69, 9.17) is 4.74 Å². The number of nitrogens with one attached hydrogen (secondary N) is 3. The van der Waals surface area contributed by atoms with E-state index in [2.05, 4.69) is 25.7 Å². The number of thiazole rings is 1. The molecule has 15 heteroatoms. The van der Waals surface area contributed by atoms with E-state index in [-0.39, 0.29) is 23.5 Å². The monoisotopic (exact) mass is 546 g/mol. The molecule has 3 amide bonds. The number of anilines is 1. The number of aromatic hydroxyl groups is 1. The SMILES string of the molecule is COC(=O)[C@H](CNC(=O)OC(C)(C)C)NC(=O)c1sc(NC(=O)Cc2cccc(O)c2)nc1C(F)(F)F. The first-order valence-electron chi connectivity index (χ1n) is 10.6. The van der Waals surface area contributed by atoms with Crippen LogP contribution in [-0.2, 0) is 31.7 Å². The average Bonchev–Trinajstić information content (AvgIpc) is 3.19. The van der Waals surface area contributed by atoms with Crippen molar-refractivity contribution in [3.63, 3.8) is 0 Å². The third-order valence-electron chi connectivity index (χ3n) is 4.26. The van der Waals surface area contributed by atoms with Crippen LogP contribution in [0.15, 0.2) is 24.3 Å². The maximum Gasteiger partial charge on any atom is 0.435 e. The van der Waals surface area contributed by atoms with Crippen molar-refractivity contribution in [2.24, 2.45) is 0 Å². The second kappa shape index (κ2) is 11.9. The van der Waals surface area contributed by atoms with E-state index >= 15 is 0 Å². The molecule has 0 aliphatic heterocycles. The molecule has 0 unspecified atom stereocenters. The maximum atomic E-state index is 13.6. The number of nitrogens with zero attached hydrogens (tertiary/aromatic N) is 1. The van der Waals surface area contributed by atoms with E-state index in [1.54, 1.807) is 20.8 Å². The number of esters is 1. The van der Waals surface area contributed by atoms with Crippen molar-refractivity contribution in [1.82, 2.24) is 15.6 Å². The van der Waals surface area contributed by atoms with Gasteiger partial charge in [0.15, 0.2) is 10.8 Å². The lowest BCUT2D eigenvalue weighted by molar-refractivity contribution is -0.142. The largest absolute Gasteiger partial charge is 0.508 e. The van der Waals surface area contributed by atoms with Crippen LogP contribution in [0.2, 0.25) is 0 Å². The van der Waals surface area contributed by atoms with Gasteiger partial charge in [-0.25, -0.2) is 14.6 Å². The summed E-state index contributed by atoms with van der Waals surface area (Å²) in [6.45, 7) is 4.24. The molecule has 1 aromatic heterocycles. The fourth-order valence-corrected chi connectivity index (χ4v) is 3.70. The zero-order valence-corrected chi connectivity index (χ0v) is 21.0. The van der Waals surface area contributed by atoms with Crippen LogP contribution in [0.5, 0.6) is 5.75 Å². The molecule has 0 bridgehead atoms. The molecule has 0 radical (unpaired) electrons. The van der Waals surface area contributed by atoms with Crippen LogP contribution in [0.3, 0.4) is 0 Å². The Morgan fingerprint density at radius 1 is 1.16 bits per heavy atom. The lowest BCUT2D eigenvalue weighted by Gasteiger charge is -2.21. The number of benzene rings is 1. The minimum Gasteiger partial charge on any atom is -0.508 e. The van der Waals surface area contributed by atoms with Crippen LogP contribution >= 0.6 is 11.3 Å². The number of methoxy groups -OCH3 is 1. The zero-order valence-electron chi connectivity index (χ0n) is 20.2. The summed E-state index contributed by atoms with van der Waals surface area (Å²) in [5.74, 6) is -3.21. The fraction of sp³-hybridized carbons (Fsp3) is 0.409. The quantitative estimate of drug-likeness (QED) is 0.369. The van der Waals surface area contributed by atoms with Crippen LogP contribution in [0.4, 0.5) is 23.1 Å². The fourth-order valence-electron chi connectivity index (χ4n) is 2.79. The van der Waals surface area contributed by atoms with Crippen molar-refractivity contribution in [1.29, 1.82) is 0 Å². The molecule has 0 fully saturated rings. The number of aromatic nitrogens is 1. The number of carbonyl (C=O) groups is 4. The first-order valence-corrected chi connectivity index (χ1v) is 11.4. The van der Waals surface area contributed by atoms with Crippen molar-refractivity contribution in [2.45, 2.75) is 45.0 Å². The molecule has 0 spiro atoms. The number of ether oxygens (including phenoxy) is 2. The van der Waals surface area contributed by atoms with Crippen molar-refractivity contribution < 1.29 is 46.9 Å². The molecule has 0 aliphatic rings. The Morgan fingerprint density at radius 2 is 1.84 bits per heavy atom. The van der Waals surface area contributed by atoms with E-state index < -0.39 is 63.9 Å². The van der Waals surface area contributed by atoms with E-state index in [0.29, 0.717) is 5.56 Å². The van der Waals surface area contributed by atoms with Crippen molar-refractivity contribution >= 4 is 40.3 Å². The molecule has 1 atom stereocenters. The molecule has 37 heavy (non-hydrogen) atoms. The lowest BCUT2D eigenvalue weighted by atomic mass is 10.1. The number of rotatable bonds is 8. The molecule has 2 rings (SSSR count). The van der Waals surface area contributed by atoms with Gasteiger partial charge in [0.1, 0.15) is 22.3 Å². The van der Waals surface area contributed by atoms with Crippen molar-refractivity contribution in [2.75, 3.05) is 19.0 Å². The van der Waals surface area contributed by atoms with Crippen LogP contribution in [-0.4, -0.2) is 59.3 Å². The summed E-state index contributed by atoms with van der Waals surface area (Å²) < 4.78 is 50.3. The highest BCUT2D eigenvalue weighted by molar-refractivity contribution is 7.17. The van der Waals surface area contributed by atoms with Crippen molar-refractivity contribution in [3.8, 4) is 5.75 Å². The number of alkyl halides is 3. The summed E-state index contributed by atoms with van der Waals surface area (Å²) in [6.07, 6.45) is -6.27. The zero-order chi connectivity index (χ0) is 28.0.